The van der Waals surface area contributed by atoms with Gasteiger partial charge in [0.05, 0.1) is 6.10 Å². The molecule has 0 spiro atoms. The summed E-state index contributed by atoms with van der Waals surface area (Å²) >= 11 is 0. The first-order valence-corrected chi connectivity index (χ1v) is 6.61. The van der Waals surface area contributed by atoms with Crippen molar-refractivity contribution in [2.24, 2.45) is 29.6 Å². The number of hydrogen-bond donors (Lipinski definition) is 1. The topological polar surface area (TPSA) is 20.2 Å². The molecule has 1 aliphatic carbocycles. The SMILES string of the molecule is CC(C)C1CCC(C(C)O)C(C(C)C)C1. The smallest absolute Gasteiger partial charge is 0.0543 e. The van der Waals surface area contributed by atoms with Gasteiger partial charge in [0.1, 0.15) is 0 Å². The molecule has 0 saturated heterocycles. The molecule has 0 aromatic rings. The minimum Gasteiger partial charge on any atom is -0.393 e. The van der Waals surface area contributed by atoms with Gasteiger partial charge in [-0.15, -0.1) is 0 Å². The first-order chi connectivity index (χ1) is 6.93. The highest BCUT2D eigenvalue weighted by atomic mass is 16.3. The van der Waals surface area contributed by atoms with Gasteiger partial charge in [-0.3, -0.25) is 0 Å². The Kier molecular flexibility index (Phi) is 4.64. The summed E-state index contributed by atoms with van der Waals surface area (Å²) in [6.45, 7) is 11.3. The van der Waals surface area contributed by atoms with E-state index in [9.17, 15) is 5.11 Å². The van der Waals surface area contributed by atoms with E-state index in [-0.39, 0.29) is 6.10 Å². The van der Waals surface area contributed by atoms with Gasteiger partial charge in [-0.1, -0.05) is 27.7 Å². The average molecular weight is 212 g/mol. The summed E-state index contributed by atoms with van der Waals surface area (Å²) in [5.74, 6) is 3.67. The summed E-state index contributed by atoms with van der Waals surface area (Å²) in [5.41, 5.74) is 0. The molecule has 4 atom stereocenters. The lowest BCUT2D eigenvalue weighted by Gasteiger charge is -2.41. The first-order valence-electron chi connectivity index (χ1n) is 6.61. The number of rotatable bonds is 3. The molecule has 0 aromatic heterocycles. The highest BCUT2D eigenvalue weighted by molar-refractivity contribution is 4.85. The van der Waals surface area contributed by atoms with Crippen LogP contribution in [0.5, 0.6) is 0 Å². The molecule has 90 valence electrons. The number of aliphatic hydroxyl groups excluding tert-OH is 1. The van der Waals surface area contributed by atoms with Crippen LogP contribution in [0.3, 0.4) is 0 Å². The van der Waals surface area contributed by atoms with Crippen molar-refractivity contribution in [1.82, 2.24) is 0 Å². The highest BCUT2D eigenvalue weighted by Gasteiger charge is 2.35. The maximum atomic E-state index is 9.82. The first kappa shape index (κ1) is 13.0. The van der Waals surface area contributed by atoms with E-state index in [1.165, 1.54) is 19.3 Å². The van der Waals surface area contributed by atoms with E-state index in [0.29, 0.717) is 11.8 Å². The second-order valence-corrected chi connectivity index (χ2v) is 6.13. The van der Waals surface area contributed by atoms with Crippen LogP contribution >= 0.6 is 0 Å². The van der Waals surface area contributed by atoms with E-state index in [1.807, 2.05) is 6.92 Å². The Hall–Kier alpha value is -0.0400. The number of hydrogen-bond acceptors (Lipinski definition) is 1. The van der Waals surface area contributed by atoms with Gasteiger partial charge < -0.3 is 5.11 Å². The monoisotopic (exact) mass is 212 g/mol. The molecule has 1 fully saturated rings. The van der Waals surface area contributed by atoms with E-state index in [4.69, 9.17) is 0 Å². The van der Waals surface area contributed by atoms with E-state index < -0.39 is 0 Å². The molecule has 15 heavy (non-hydrogen) atoms. The Balaban J connectivity index is 2.65. The van der Waals surface area contributed by atoms with Crippen LogP contribution in [0.2, 0.25) is 0 Å². The zero-order valence-electron chi connectivity index (χ0n) is 11.0. The summed E-state index contributed by atoms with van der Waals surface area (Å²) in [7, 11) is 0. The fourth-order valence-corrected chi connectivity index (χ4v) is 3.23. The molecule has 1 heteroatoms. The molecule has 1 aliphatic rings. The fraction of sp³-hybridized carbons (Fsp3) is 1.00. The van der Waals surface area contributed by atoms with Crippen LogP contribution in [0.15, 0.2) is 0 Å². The maximum absolute atomic E-state index is 9.82. The molecule has 1 rings (SSSR count). The molecule has 0 bridgehead atoms. The average Bonchev–Trinajstić information content (AvgIpc) is 2.16. The van der Waals surface area contributed by atoms with E-state index >= 15 is 0 Å². The molecule has 0 aliphatic heterocycles. The fourth-order valence-electron chi connectivity index (χ4n) is 3.23. The van der Waals surface area contributed by atoms with Crippen molar-refractivity contribution in [3.8, 4) is 0 Å². The summed E-state index contributed by atoms with van der Waals surface area (Å²) in [6.07, 6.45) is 3.75. The molecule has 1 saturated carbocycles. The molecular weight excluding hydrogens is 184 g/mol. The van der Waals surface area contributed by atoms with Crippen molar-refractivity contribution >= 4 is 0 Å². The third kappa shape index (κ3) is 3.21. The Labute approximate surface area is 95.3 Å². The van der Waals surface area contributed by atoms with Crippen molar-refractivity contribution in [1.29, 1.82) is 0 Å². The van der Waals surface area contributed by atoms with Gasteiger partial charge in [-0.25, -0.2) is 0 Å². The minimum absolute atomic E-state index is 0.120. The molecular formula is C14H28O. The molecule has 0 aromatic carbocycles. The van der Waals surface area contributed by atoms with Crippen LogP contribution in [-0.4, -0.2) is 11.2 Å². The second kappa shape index (κ2) is 5.34. The highest BCUT2D eigenvalue weighted by Crippen LogP contribution is 2.42. The predicted octanol–water partition coefficient (Wildman–Crippen LogP) is 3.71. The molecule has 1 nitrogen and oxygen atoms in total. The van der Waals surface area contributed by atoms with Crippen LogP contribution < -0.4 is 0 Å². The lowest BCUT2D eigenvalue weighted by molar-refractivity contribution is 0.0173. The zero-order chi connectivity index (χ0) is 11.6. The normalized spacial score (nSPS) is 34.8. The van der Waals surface area contributed by atoms with Crippen LogP contribution in [-0.2, 0) is 0 Å². The zero-order valence-corrected chi connectivity index (χ0v) is 11.0. The summed E-state index contributed by atoms with van der Waals surface area (Å²) in [5, 5.41) is 9.82. The summed E-state index contributed by atoms with van der Waals surface area (Å²) in [4.78, 5) is 0. The predicted molar refractivity (Wildman–Crippen MR) is 65.7 cm³/mol. The van der Waals surface area contributed by atoms with Crippen molar-refractivity contribution in [2.45, 2.75) is 60.0 Å². The van der Waals surface area contributed by atoms with E-state index in [1.54, 1.807) is 0 Å². The maximum Gasteiger partial charge on any atom is 0.0543 e. The molecule has 0 heterocycles. The second-order valence-electron chi connectivity index (χ2n) is 6.13. The quantitative estimate of drug-likeness (QED) is 0.756. The Morgan fingerprint density at radius 2 is 1.47 bits per heavy atom. The third-order valence-corrected chi connectivity index (χ3v) is 4.41. The van der Waals surface area contributed by atoms with Crippen molar-refractivity contribution in [3.63, 3.8) is 0 Å². The molecule has 0 radical (unpaired) electrons. The number of aliphatic hydroxyl groups is 1. The lowest BCUT2D eigenvalue weighted by atomic mass is 9.65. The largest absolute Gasteiger partial charge is 0.393 e. The van der Waals surface area contributed by atoms with Gasteiger partial charge in [0.2, 0.25) is 0 Å². The Bertz CT molecular complexity index is 184. The molecule has 1 N–H and O–H groups in total. The Morgan fingerprint density at radius 3 is 1.87 bits per heavy atom. The van der Waals surface area contributed by atoms with Crippen LogP contribution in [0.1, 0.15) is 53.9 Å². The minimum atomic E-state index is -0.120. The lowest BCUT2D eigenvalue weighted by Crippen LogP contribution is -2.36. The van der Waals surface area contributed by atoms with Gasteiger partial charge in [0.25, 0.3) is 0 Å². The molecule has 4 unspecified atom stereocenters. The van der Waals surface area contributed by atoms with Crippen molar-refractivity contribution < 1.29 is 5.11 Å². The Morgan fingerprint density at radius 1 is 0.867 bits per heavy atom. The van der Waals surface area contributed by atoms with E-state index in [0.717, 1.165) is 17.8 Å². The summed E-state index contributed by atoms with van der Waals surface area (Å²) in [6, 6.07) is 0. The van der Waals surface area contributed by atoms with Gasteiger partial charge in [-0.2, -0.15) is 0 Å². The van der Waals surface area contributed by atoms with Crippen molar-refractivity contribution in [3.05, 3.63) is 0 Å². The van der Waals surface area contributed by atoms with Gasteiger partial charge in [-0.05, 0) is 55.8 Å². The van der Waals surface area contributed by atoms with Gasteiger partial charge >= 0.3 is 0 Å². The van der Waals surface area contributed by atoms with Crippen molar-refractivity contribution in [2.75, 3.05) is 0 Å². The summed E-state index contributed by atoms with van der Waals surface area (Å²) < 4.78 is 0. The van der Waals surface area contributed by atoms with Crippen LogP contribution in [0.4, 0.5) is 0 Å². The van der Waals surface area contributed by atoms with Gasteiger partial charge in [0, 0.05) is 0 Å². The van der Waals surface area contributed by atoms with Crippen LogP contribution in [0.25, 0.3) is 0 Å². The van der Waals surface area contributed by atoms with Crippen LogP contribution in [0, 0.1) is 29.6 Å². The standard InChI is InChI=1S/C14H28O/c1-9(2)12-6-7-13(11(5)15)14(8-12)10(3)4/h9-15H,6-8H2,1-5H3. The van der Waals surface area contributed by atoms with E-state index in [2.05, 4.69) is 27.7 Å². The third-order valence-electron chi connectivity index (χ3n) is 4.41. The molecule has 0 amide bonds. The van der Waals surface area contributed by atoms with Gasteiger partial charge in [0.15, 0.2) is 0 Å².